The van der Waals surface area contributed by atoms with Crippen molar-refractivity contribution in [1.29, 1.82) is 0 Å². The fraction of sp³-hybridized carbons (Fsp3) is 0.208. The van der Waals surface area contributed by atoms with Gasteiger partial charge in [-0.15, -0.1) is 0 Å². The Bertz CT molecular complexity index is 824. The van der Waals surface area contributed by atoms with Crippen molar-refractivity contribution in [1.82, 2.24) is 0 Å². The first kappa shape index (κ1) is 15.8. The fourth-order valence-electron chi connectivity index (χ4n) is 4.36. The summed E-state index contributed by atoms with van der Waals surface area (Å²) in [7, 11) is 0. The Hall–Kier alpha value is -2.67. The molecule has 0 aliphatic heterocycles. The number of aliphatic imine (C=N–C) groups is 1. The van der Waals surface area contributed by atoms with E-state index in [0.717, 1.165) is 5.56 Å². The van der Waals surface area contributed by atoms with Crippen LogP contribution in [0.25, 0.3) is 0 Å². The smallest absolute Gasteiger partial charge is 0.0706 e. The molecular formula is C24H23N. The molecule has 25 heavy (non-hydrogen) atoms. The molecule has 3 aromatic rings. The molecule has 0 spiro atoms. The first-order chi connectivity index (χ1) is 12.2. The summed E-state index contributed by atoms with van der Waals surface area (Å²) in [6.45, 7) is 4.67. The summed E-state index contributed by atoms with van der Waals surface area (Å²) in [5.74, 6) is 0. The molecule has 1 fully saturated rings. The van der Waals surface area contributed by atoms with Crippen LogP contribution in [0.4, 0.5) is 0 Å². The minimum Gasteiger partial charge on any atom is -0.287 e. The van der Waals surface area contributed by atoms with Gasteiger partial charge in [0.25, 0.3) is 0 Å². The molecule has 0 saturated heterocycles. The normalized spacial score (nSPS) is 20.5. The molecule has 1 saturated carbocycles. The monoisotopic (exact) mass is 325 g/mol. The van der Waals surface area contributed by atoms with Gasteiger partial charge < -0.3 is 0 Å². The van der Waals surface area contributed by atoms with Crippen LogP contribution in [0.5, 0.6) is 0 Å². The second-order valence-corrected chi connectivity index (χ2v) is 7.35. The van der Waals surface area contributed by atoms with Crippen molar-refractivity contribution in [2.45, 2.75) is 25.3 Å². The van der Waals surface area contributed by atoms with Gasteiger partial charge in [0, 0.05) is 11.6 Å². The average molecular weight is 325 g/mol. The van der Waals surface area contributed by atoms with Gasteiger partial charge in [0.2, 0.25) is 0 Å². The van der Waals surface area contributed by atoms with E-state index in [1.807, 2.05) is 12.3 Å². The van der Waals surface area contributed by atoms with Crippen molar-refractivity contribution in [2.75, 3.05) is 0 Å². The van der Waals surface area contributed by atoms with Crippen LogP contribution in [0.15, 0.2) is 96.0 Å². The van der Waals surface area contributed by atoms with Gasteiger partial charge in [-0.1, -0.05) is 105 Å². The van der Waals surface area contributed by atoms with Crippen molar-refractivity contribution in [3.05, 3.63) is 108 Å². The highest BCUT2D eigenvalue weighted by Crippen LogP contribution is 2.69. The molecule has 0 aromatic heterocycles. The number of benzene rings is 3. The van der Waals surface area contributed by atoms with Crippen molar-refractivity contribution < 1.29 is 0 Å². The second-order valence-electron chi connectivity index (χ2n) is 7.35. The Morgan fingerprint density at radius 3 is 1.60 bits per heavy atom. The highest BCUT2D eigenvalue weighted by atomic mass is 15.0. The average Bonchev–Trinajstić information content (AvgIpc) is 3.18. The molecule has 0 heterocycles. The summed E-state index contributed by atoms with van der Waals surface area (Å²) in [4.78, 5) is 5.04. The van der Waals surface area contributed by atoms with Crippen LogP contribution < -0.4 is 0 Å². The third-order valence-electron chi connectivity index (χ3n) is 5.66. The van der Waals surface area contributed by atoms with Crippen LogP contribution in [-0.4, -0.2) is 12.3 Å². The Balaban J connectivity index is 1.81. The molecule has 4 rings (SSSR count). The standard InChI is InChI=1S/C24H23N/c1-23(2)22(25-18-19-12-6-3-7-13-19)24(23,20-14-8-4-9-15-20)21-16-10-5-11-17-21/h3-18,22H,1-2H3. The molecule has 1 aliphatic carbocycles. The van der Waals surface area contributed by atoms with E-state index in [9.17, 15) is 0 Å². The summed E-state index contributed by atoms with van der Waals surface area (Å²) >= 11 is 0. The maximum atomic E-state index is 5.04. The lowest BCUT2D eigenvalue weighted by atomic mass is 9.81. The zero-order chi connectivity index (χ0) is 17.3. The topological polar surface area (TPSA) is 12.4 Å². The minimum atomic E-state index is -0.0687. The van der Waals surface area contributed by atoms with Gasteiger partial charge in [0.15, 0.2) is 0 Å². The van der Waals surface area contributed by atoms with E-state index in [4.69, 9.17) is 4.99 Å². The Morgan fingerprint density at radius 1 is 0.680 bits per heavy atom. The maximum Gasteiger partial charge on any atom is 0.0706 e. The van der Waals surface area contributed by atoms with Gasteiger partial charge >= 0.3 is 0 Å². The van der Waals surface area contributed by atoms with Crippen LogP contribution in [0.3, 0.4) is 0 Å². The summed E-state index contributed by atoms with van der Waals surface area (Å²) in [5, 5.41) is 0. The lowest BCUT2D eigenvalue weighted by Gasteiger charge is -2.21. The molecule has 0 bridgehead atoms. The lowest BCUT2D eigenvalue weighted by Crippen LogP contribution is -2.17. The second kappa shape index (κ2) is 6.00. The van der Waals surface area contributed by atoms with Crippen molar-refractivity contribution in [3.63, 3.8) is 0 Å². The van der Waals surface area contributed by atoms with Crippen LogP contribution >= 0.6 is 0 Å². The number of hydrogen-bond donors (Lipinski definition) is 0. The van der Waals surface area contributed by atoms with Gasteiger partial charge in [-0.3, -0.25) is 4.99 Å². The molecule has 0 N–H and O–H groups in total. The molecule has 3 aromatic carbocycles. The zero-order valence-electron chi connectivity index (χ0n) is 14.8. The van der Waals surface area contributed by atoms with Crippen LogP contribution in [0.2, 0.25) is 0 Å². The molecule has 1 unspecified atom stereocenters. The van der Waals surface area contributed by atoms with Crippen molar-refractivity contribution >= 4 is 6.21 Å². The fourth-order valence-corrected chi connectivity index (χ4v) is 4.36. The molecule has 1 nitrogen and oxygen atoms in total. The van der Waals surface area contributed by atoms with E-state index >= 15 is 0 Å². The van der Waals surface area contributed by atoms with Gasteiger partial charge in [0.05, 0.1) is 11.5 Å². The summed E-state index contributed by atoms with van der Waals surface area (Å²) in [6.07, 6.45) is 2.03. The number of rotatable bonds is 4. The van der Waals surface area contributed by atoms with Crippen LogP contribution in [0.1, 0.15) is 30.5 Å². The summed E-state index contributed by atoms with van der Waals surface area (Å²) in [5.41, 5.74) is 3.85. The Kier molecular flexibility index (Phi) is 3.80. The number of hydrogen-bond acceptors (Lipinski definition) is 1. The van der Waals surface area contributed by atoms with E-state index in [1.54, 1.807) is 0 Å². The highest BCUT2D eigenvalue weighted by Gasteiger charge is 2.72. The quantitative estimate of drug-likeness (QED) is 0.562. The predicted molar refractivity (Wildman–Crippen MR) is 105 cm³/mol. The van der Waals surface area contributed by atoms with Crippen molar-refractivity contribution in [3.8, 4) is 0 Å². The third kappa shape index (κ3) is 2.42. The maximum absolute atomic E-state index is 5.04. The SMILES string of the molecule is CC1(C)C(N=Cc2ccccc2)C1(c1ccccc1)c1ccccc1. The highest BCUT2D eigenvalue weighted by molar-refractivity contribution is 5.80. The van der Waals surface area contributed by atoms with E-state index in [2.05, 4.69) is 98.8 Å². The Labute approximate surface area is 150 Å². The van der Waals surface area contributed by atoms with Gasteiger partial charge in [-0.05, 0) is 16.7 Å². The van der Waals surface area contributed by atoms with E-state index in [-0.39, 0.29) is 16.9 Å². The van der Waals surface area contributed by atoms with E-state index in [0.29, 0.717) is 0 Å². The van der Waals surface area contributed by atoms with Crippen molar-refractivity contribution in [2.24, 2.45) is 10.4 Å². The zero-order valence-corrected chi connectivity index (χ0v) is 14.8. The van der Waals surface area contributed by atoms with Crippen LogP contribution in [-0.2, 0) is 5.41 Å². The van der Waals surface area contributed by atoms with Gasteiger partial charge in [0.1, 0.15) is 0 Å². The molecule has 0 amide bonds. The van der Waals surface area contributed by atoms with E-state index in [1.165, 1.54) is 11.1 Å². The van der Waals surface area contributed by atoms with E-state index < -0.39 is 0 Å². The first-order valence-electron chi connectivity index (χ1n) is 8.86. The molecule has 1 aliphatic rings. The molecular weight excluding hydrogens is 302 g/mol. The van der Waals surface area contributed by atoms with Crippen LogP contribution in [0, 0.1) is 5.41 Å². The number of nitrogens with zero attached hydrogens (tertiary/aromatic N) is 1. The first-order valence-corrected chi connectivity index (χ1v) is 8.86. The molecule has 0 radical (unpaired) electrons. The Morgan fingerprint density at radius 2 is 1.12 bits per heavy atom. The summed E-state index contributed by atoms with van der Waals surface area (Å²) in [6, 6.07) is 32.2. The minimum absolute atomic E-state index is 0.0687. The molecule has 124 valence electrons. The van der Waals surface area contributed by atoms with Gasteiger partial charge in [-0.2, -0.15) is 0 Å². The van der Waals surface area contributed by atoms with Gasteiger partial charge in [-0.25, -0.2) is 0 Å². The largest absolute Gasteiger partial charge is 0.287 e. The third-order valence-corrected chi connectivity index (χ3v) is 5.66. The summed E-state index contributed by atoms with van der Waals surface area (Å²) < 4.78 is 0. The lowest BCUT2D eigenvalue weighted by molar-refractivity contribution is 0.547. The molecule has 1 atom stereocenters. The predicted octanol–water partition coefficient (Wildman–Crippen LogP) is 5.50. The molecule has 1 heteroatoms.